The first-order chi connectivity index (χ1) is 14.7. The number of carbonyl (C=O) groups is 2. The van der Waals surface area contributed by atoms with Gasteiger partial charge in [-0.15, -0.1) is 0 Å². The van der Waals surface area contributed by atoms with Gasteiger partial charge in [-0.3, -0.25) is 4.79 Å². The zero-order valence-corrected chi connectivity index (χ0v) is 17.1. The minimum absolute atomic E-state index is 0.0114. The normalized spacial score (nSPS) is 22.3. The highest BCUT2D eigenvalue weighted by molar-refractivity contribution is 5.85. The lowest BCUT2D eigenvalue weighted by Gasteiger charge is -2.34. The van der Waals surface area contributed by atoms with Gasteiger partial charge >= 0.3 is 6.03 Å². The smallest absolute Gasteiger partial charge is 0.318 e. The predicted molar refractivity (Wildman–Crippen MR) is 117 cm³/mol. The first kappa shape index (κ1) is 18.9. The van der Waals surface area contributed by atoms with Gasteiger partial charge in [0.05, 0.1) is 12.6 Å². The van der Waals surface area contributed by atoms with Crippen LogP contribution in [-0.2, 0) is 17.8 Å². The second-order valence-corrected chi connectivity index (χ2v) is 8.46. The number of benzene rings is 2. The van der Waals surface area contributed by atoms with Crippen LogP contribution in [0.5, 0.6) is 0 Å². The monoisotopic (exact) mass is 401 g/mol. The van der Waals surface area contributed by atoms with Crippen LogP contribution in [0.2, 0.25) is 0 Å². The molecule has 3 heterocycles. The summed E-state index contributed by atoms with van der Waals surface area (Å²) in [6.07, 6.45) is 6.00. The van der Waals surface area contributed by atoms with Crippen molar-refractivity contribution < 1.29 is 9.59 Å². The van der Waals surface area contributed by atoms with Crippen LogP contribution in [0.4, 0.5) is 4.79 Å². The maximum Gasteiger partial charge on any atom is 0.318 e. The largest absolute Gasteiger partial charge is 0.336 e. The Bertz CT molecular complexity index is 985. The van der Waals surface area contributed by atoms with Crippen molar-refractivity contribution in [1.82, 2.24) is 15.1 Å². The number of hydrogen-bond acceptors (Lipinski definition) is 2. The average molecular weight is 402 g/mol. The summed E-state index contributed by atoms with van der Waals surface area (Å²) >= 11 is 0. The fraction of sp³-hybridized carbons (Fsp3) is 0.360. The van der Waals surface area contributed by atoms with Gasteiger partial charge in [0.2, 0.25) is 5.91 Å². The molecular weight excluding hydrogens is 374 g/mol. The molecule has 30 heavy (non-hydrogen) atoms. The standard InChI is InChI=1S/C25H27N3O2/c29-24(27-13-12-19-8-4-5-9-20(19)17-27)16-26-25(30)28-22-10-11-23(28)15-21(14-22)18-6-2-1-3-7-18/h1-9,14,22-23H,10-13,15-17H2,(H,26,30). The Morgan fingerprint density at radius 3 is 2.53 bits per heavy atom. The number of urea groups is 1. The molecule has 1 fully saturated rings. The summed E-state index contributed by atoms with van der Waals surface area (Å²) < 4.78 is 0. The Labute approximate surface area is 177 Å². The second kappa shape index (κ2) is 7.98. The fourth-order valence-electron chi connectivity index (χ4n) is 5.08. The molecule has 5 nitrogen and oxygen atoms in total. The summed E-state index contributed by atoms with van der Waals surface area (Å²) in [4.78, 5) is 29.4. The van der Waals surface area contributed by atoms with E-state index in [4.69, 9.17) is 0 Å². The molecule has 0 spiro atoms. The zero-order chi connectivity index (χ0) is 20.5. The number of nitrogens with zero attached hydrogens (tertiary/aromatic N) is 2. The molecule has 0 aliphatic carbocycles. The van der Waals surface area contributed by atoms with E-state index in [2.05, 4.69) is 47.8 Å². The summed E-state index contributed by atoms with van der Waals surface area (Å²) in [6.45, 7) is 1.40. The molecule has 5 heteroatoms. The Kier molecular flexibility index (Phi) is 5.03. The molecule has 5 rings (SSSR count). The van der Waals surface area contributed by atoms with E-state index in [9.17, 15) is 9.59 Å². The van der Waals surface area contributed by atoms with Crippen molar-refractivity contribution in [2.45, 2.75) is 44.3 Å². The molecule has 1 saturated heterocycles. The number of fused-ring (bicyclic) bond motifs is 3. The van der Waals surface area contributed by atoms with Crippen LogP contribution in [0.1, 0.15) is 36.0 Å². The summed E-state index contributed by atoms with van der Waals surface area (Å²) in [5, 5.41) is 2.90. The van der Waals surface area contributed by atoms with E-state index >= 15 is 0 Å². The van der Waals surface area contributed by atoms with Crippen molar-refractivity contribution in [3.63, 3.8) is 0 Å². The van der Waals surface area contributed by atoms with Gasteiger partial charge in [-0.05, 0) is 47.9 Å². The summed E-state index contributed by atoms with van der Waals surface area (Å²) in [7, 11) is 0. The molecule has 0 saturated carbocycles. The second-order valence-electron chi connectivity index (χ2n) is 8.46. The maximum absolute atomic E-state index is 12.9. The third kappa shape index (κ3) is 3.60. The molecule has 2 aromatic rings. The van der Waals surface area contributed by atoms with Crippen LogP contribution < -0.4 is 5.32 Å². The zero-order valence-electron chi connectivity index (χ0n) is 17.1. The van der Waals surface area contributed by atoms with E-state index in [1.807, 2.05) is 28.0 Å². The van der Waals surface area contributed by atoms with Gasteiger partial charge in [-0.2, -0.15) is 0 Å². The number of rotatable bonds is 3. The molecule has 3 aliphatic rings. The Hall–Kier alpha value is -3.08. The lowest BCUT2D eigenvalue weighted by atomic mass is 9.95. The van der Waals surface area contributed by atoms with Gasteiger partial charge in [0.15, 0.2) is 0 Å². The minimum atomic E-state index is -0.114. The number of nitrogens with one attached hydrogen (secondary N) is 1. The molecule has 1 N–H and O–H groups in total. The molecule has 2 atom stereocenters. The van der Waals surface area contributed by atoms with Gasteiger partial charge in [0, 0.05) is 19.1 Å². The Morgan fingerprint density at radius 2 is 1.73 bits per heavy atom. The number of hydrogen-bond donors (Lipinski definition) is 1. The van der Waals surface area contributed by atoms with Crippen molar-refractivity contribution in [1.29, 1.82) is 0 Å². The lowest BCUT2D eigenvalue weighted by molar-refractivity contribution is -0.131. The van der Waals surface area contributed by atoms with E-state index in [1.165, 1.54) is 22.3 Å². The highest BCUT2D eigenvalue weighted by Gasteiger charge is 2.39. The SMILES string of the molecule is O=C(CNC(=O)N1C2C=C(c3ccccc3)CC1CC2)N1CCc2ccccc2C1. The molecule has 3 amide bonds. The molecular formula is C25H27N3O2. The van der Waals surface area contributed by atoms with E-state index in [0.717, 1.165) is 25.7 Å². The molecule has 0 aromatic heterocycles. The molecule has 0 radical (unpaired) electrons. The van der Waals surface area contributed by atoms with Crippen LogP contribution in [0.3, 0.4) is 0 Å². The minimum Gasteiger partial charge on any atom is -0.336 e. The first-order valence-corrected chi connectivity index (χ1v) is 10.9. The molecule has 2 bridgehead atoms. The van der Waals surface area contributed by atoms with E-state index in [-0.39, 0.29) is 30.6 Å². The Morgan fingerprint density at radius 1 is 0.967 bits per heavy atom. The van der Waals surface area contributed by atoms with Gasteiger partial charge in [0.25, 0.3) is 0 Å². The van der Waals surface area contributed by atoms with Gasteiger partial charge in [0.1, 0.15) is 0 Å². The number of amides is 3. The third-order valence-electron chi connectivity index (χ3n) is 6.65. The predicted octanol–water partition coefficient (Wildman–Crippen LogP) is 3.60. The van der Waals surface area contributed by atoms with E-state index in [0.29, 0.717) is 13.1 Å². The molecule has 2 aromatic carbocycles. The topological polar surface area (TPSA) is 52.7 Å². The molecule has 3 aliphatic heterocycles. The van der Waals surface area contributed by atoms with Crippen LogP contribution >= 0.6 is 0 Å². The van der Waals surface area contributed by atoms with Crippen LogP contribution in [-0.4, -0.2) is 46.9 Å². The van der Waals surface area contributed by atoms with Crippen LogP contribution in [0.15, 0.2) is 60.7 Å². The summed E-state index contributed by atoms with van der Waals surface area (Å²) in [5.74, 6) is -0.0114. The highest BCUT2D eigenvalue weighted by atomic mass is 16.2. The van der Waals surface area contributed by atoms with Crippen LogP contribution in [0.25, 0.3) is 5.57 Å². The first-order valence-electron chi connectivity index (χ1n) is 10.9. The van der Waals surface area contributed by atoms with Gasteiger partial charge in [-0.1, -0.05) is 60.7 Å². The average Bonchev–Trinajstić information content (AvgIpc) is 3.06. The van der Waals surface area contributed by atoms with Crippen molar-refractivity contribution in [3.05, 3.63) is 77.4 Å². The third-order valence-corrected chi connectivity index (χ3v) is 6.65. The summed E-state index contributed by atoms with van der Waals surface area (Å²) in [5.41, 5.74) is 5.10. The van der Waals surface area contributed by atoms with Gasteiger partial charge < -0.3 is 15.1 Å². The maximum atomic E-state index is 12.9. The Balaban J connectivity index is 1.20. The van der Waals surface area contributed by atoms with Crippen molar-refractivity contribution in [3.8, 4) is 0 Å². The van der Waals surface area contributed by atoms with Crippen molar-refractivity contribution >= 4 is 17.5 Å². The van der Waals surface area contributed by atoms with Gasteiger partial charge in [-0.25, -0.2) is 4.79 Å². The van der Waals surface area contributed by atoms with E-state index in [1.54, 1.807) is 0 Å². The van der Waals surface area contributed by atoms with Crippen LogP contribution in [0, 0.1) is 0 Å². The van der Waals surface area contributed by atoms with Crippen molar-refractivity contribution in [2.24, 2.45) is 0 Å². The fourth-order valence-corrected chi connectivity index (χ4v) is 5.08. The van der Waals surface area contributed by atoms with E-state index < -0.39 is 0 Å². The lowest BCUT2D eigenvalue weighted by Crippen LogP contribution is -2.51. The quantitative estimate of drug-likeness (QED) is 0.854. The number of carbonyl (C=O) groups excluding carboxylic acids is 2. The molecule has 154 valence electrons. The van der Waals surface area contributed by atoms with Crippen molar-refractivity contribution in [2.75, 3.05) is 13.1 Å². The highest BCUT2D eigenvalue weighted by Crippen LogP contribution is 2.38. The summed E-state index contributed by atoms with van der Waals surface area (Å²) in [6, 6.07) is 18.9. The molecule has 2 unspecified atom stereocenters.